The maximum atomic E-state index is 12.0. The molecule has 2 unspecified atom stereocenters. The van der Waals surface area contributed by atoms with Gasteiger partial charge >= 0.3 is 5.97 Å². The van der Waals surface area contributed by atoms with Crippen LogP contribution in [0.3, 0.4) is 0 Å². The predicted molar refractivity (Wildman–Crippen MR) is 71.8 cm³/mol. The van der Waals surface area contributed by atoms with Crippen molar-refractivity contribution in [1.82, 2.24) is 0 Å². The third kappa shape index (κ3) is 2.66. The van der Waals surface area contributed by atoms with Crippen LogP contribution in [-0.2, 0) is 4.74 Å². The van der Waals surface area contributed by atoms with Gasteiger partial charge in [-0.15, -0.1) is 0 Å². The van der Waals surface area contributed by atoms with Crippen molar-refractivity contribution in [2.75, 3.05) is 0 Å². The van der Waals surface area contributed by atoms with Gasteiger partial charge in [0.15, 0.2) is 0 Å². The number of benzene rings is 1. The Morgan fingerprint density at radius 2 is 1.68 bits per heavy atom. The molecule has 3 rings (SSSR count). The molecule has 2 fully saturated rings. The van der Waals surface area contributed by atoms with Crippen molar-refractivity contribution in [2.24, 2.45) is 11.8 Å². The highest BCUT2D eigenvalue weighted by atomic mass is 16.5. The quantitative estimate of drug-likeness (QED) is 0.832. The van der Waals surface area contributed by atoms with E-state index in [1.54, 1.807) is 0 Å². The van der Waals surface area contributed by atoms with Crippen molar-refractivity contribution in [1.29, 1.82) is 0 Å². The fraction of sp³-hybridized carbons (Fsp3) is 0.562. The molecule has 2 aliphatic carbocycles. The fourth-order valence-electron chi connectivity index (χ4n) is 3.53. The van der Waals surface area contributed by atoms with Crippen molar-refractivity contribution in [2.45, 2.75) is 44.8 Å². The summed E-state index contributed by atoms with van der Waals surface area (Å²) < 4.78 is 5.59. The largest absolute Gasteiger partial charge is 0.459 e. The monoisotopic (exact) mass is 260 g/mol. The van der Waals surface area contributed by atoms with E-state index in [1.165, 1.54) is 0 Å². The van der Waals surface area contributed by atoms with Crippen LogP contribution < -0.4 is 0 Å². The third-order valence-electron chi connectivity index (χ3n) is 4.51. The molecule has 1 aromatic carbocycles. The highest BCUT2D eigenvalue weighted by Gasteiger charge is 2.42. The second-order valence-corrected chi connectivity index (χ2v) is 6.01. The minimum absolute atomic E-state index is 0.0382. The first-order chi connectivity index (χ1) is 9.11. The van der Waals surface area contributed by atoms with Gasteiger partial charge in [0.05, 0.1) is 11.7 Å². The van der Waals surface area contributed by atoms with Gasteiger partial charge in [-0.3, -0.25) is 0 Å². The zero-order valence-corrected chi connectivity index (χ0v) is 11.2. The molecule has 0 radical (unpaired) electrons. The summed E-state index contributed by atoms with van der Waals surface area (Å²) in [6, 6.07) is 7.49. The number of esters is 1. The van der Waals surface area contributed by atoms with Crippen LogP contribution in [0.4, 0.5) is 0 Å². The van der Waals surface area contributed by atoms with E-state index in [0.29, 0.717) is 17.4 Å². The Morgan fingerprint density at radius 3 is 2.26 bits per heavy atom. The van der Waals surface area contributed by atoms with E-state index in [-0.39, 0.29) is 18.2 Å². The van der Waals surface area contributed by atoms with Gasteiger partial charge in [-0.25, -0.2) is 4.79 Å². The molecule has 2 saturated carbocycles. The van der Waals surface area contributed by atoms with E-state index in [0.717, 1.165) is 31.2 Å². The fourth-order valence-corrected chi connectivity index (χ4v) is 3.53. The van der Waals surface area contributed by atoms with Crippen LogP contribution in [0.15, 0.2) is 24.3 Å². The topological polar surface area (TPSA) is 46.5 Å². The highest BCUT2D eigenvalue weighted by Crippen LogP contribution is 2.45. The predicted octanol–water partition coefficient (Wildman–Crippen LogP) is 2.70. The van der Waals surface area contributed by atoms with Crippen LogP contribution in [0.25, 0.3) is 0 Å². The normalized spacial score (nSPS) is 33.2. The number of carbonyl (C=O) groups excluding carboxylic acids is 1. The first-order valence-corrected chi connectivity index (χ1v) is 7.07. The molecule has 2 aliphatic rings. The molecule has 102 valence electrons. The van der Waals surface area contributed by atoms with Crippen LogP contribution in [-0.4, -0.2) is 23.3 Å². The molecule has 19 heavy (non-hydrogen) atoms. The molecule has 0 aromatic heterocycles. The van der Waals surface area contributed by atoms with Crippen LogP contribution >= 0.6 is 0 Å². The van der Waals surface area contributed by atoms with Gasteiger partial charge in [0, 0.05) is 0 Å². The van der Waals surface area contributed by atoms with E-state index in [2.05, 4.69) is 0 Å². The Labute approximate surface area is 113 Å². The summed E-state index contributed by atoms with van der Waals surface area (Å²) in [7, 11) is 0. The lowest BCUT2D eigenvalue weighted by atomic mass is 10.0. The minimum Gasteiger partial charge on any atom is -0.459 e. The molecule has 0 spiro atoms. The summed E-state index contributed by atoms with van der Waals surface area (Å²) in [5.74, 6) is 0.877. The van der Waals surface area contributed by atoms with Gasteiger partial charge in [-0.2, -0.15) is 0 Å². The molecule has 2 atom stereocenters. The van der Waals surface area contributed by atoms with Crippen LogP contribution in [0.2, 0.25) is 0 Å². The van der Waals surface area contributed by atoms with E-state index < -0.39 is 0 Å². The van der Waals surface area contributed by atoms with Crippen molar-refractivity contribution in [3.8, 4) is 0 Å². The number of hydrogen-bond donors (Lipinski definition) is 1. The Bertz CT molecular complexity index is 451. The Morgan fingerprint density at radius 1 is 1.11 bits per heavy atom. The second kappa shape index (κ2) is 4.97. The highest BCUT2D eigenvalue weighted by molar-refractivity contribution is 5.89. The SMILES string of the molecule is Cc1ccc(C(=O)OC2CC3CC(O)CC3C2)cc1. The standard InChI is InChI=1S/C16H20O3/c1-10-2-4-11(5-3-10)16(18)19-15-8-12-6-14(17)7-13(12)9-15/h2-5,12-15,17H,6-9H2,1H3. The van der Waals surface area contributed by atoms with Gasteiger partial charge in [-0.1, -0.05) is 17.7 Å². The lowest BCUT2D eigenvalue weighted by molar-refractivity contribution is 0.0287. The van der Waals surface area contributed by atoms with Crippen molar-refractivity contribution >= 4 is 5.97 Å². The number of rotatable bonds is 2. The summed E-state index contributed by atoms with van der Waals surface area (Å²) in [5, 5.41) is 9.60. The lowest BCUT2D eigenvalue weighted by Gasteiger charge is -2.14. The first kappa shape index (κ1) is 12.7. The Kier molecular flexibility index (Phi) is 3.31. The molecule has 3 nitrogen and oxygen atoms in total. The first-order valence-electron chi connectivity index (χ1n) is 7.07. The molecule has 0 heterocycles. The number of ether oxygens (including phenoxy) is 1. The molecule has 0 amide bonds. The van der Waals surface area contributed by atoms with Gasteiger partial charge < -0.3 is 9.84 Å². The summed E-state index contributed by atoms with van der Waals surface area (Å²) in [6.07, 6.45) is 3.49. The average molecular weight is 260 g/mol. The van der Waals surface area contributed by atoms with Crippen LogP contribution in [0.1, 0.15) is 41.6 Å². The molecule has 0 saturated heterocycles. The molecule has 3 heteroatoms. The number of aryl methyl sites for hydroxylation is 1. The van der Waals surface area contributed by atoms with E-state index >= 15 is 0 Å². The molecule has 0 aliphatic heterocycles. The van der Waals surface area contributed by atoms with E-state index in [1.807, 2.05) is 31.2 Å². The van der Waals surface area contributed by atoms with Crippen molar-refractivity contribution in [3.05, 3.63) is 35.4 Å². The third-order valence-corrected chi connectivity index (χ3v) is 4.51. The van der Waals surface area contributed by atoms with Gasteiger partial charge in [0.1, 0.15) is 6.10 Å². The Hall–Kier alpha value is -1.35. The van der Waals surface area contributed by atoms with Gasteiger partial charge in [0.25, 0.3) is 0 Å². The van der Waals surface area contributed by atoms with Crippen LogP contribution in [0.5, 0.6) is 0 Å². The maximum absolute atomic E-state index is 12.0. The number of aliphatic hydroxyl groups is 1. The molecular weight excluding hydrogens is 240 g/mol. The lowest BCUT2D eigenvalue weighted by Crippen LogP contribution is -2.17. The van der Waals surface area contributed by atoms with Crippen molar-refractivity contribution < 1.29 is 14.6 Å². The summed E-state index contributed by atoms with van der Waals surface area (Å²) in [5.41, 5.74) is 1.77. The molecule has 1 aromatic rings. The second-order valence-electron chi connectivity index (χ2n) is 6.01. The summed E-state index contributed by atoms with van der Waals surface area (Å²) >= 11 is 0. The molecular formula is C16H20O3. The maximum Gasteiger partial charge on any atom is 0.338 e. The number of aliphatic hydroxyl groups excluding tert-OH is 1. The Balaban J connectivity index is 1.58. The smallest absolute Gasteiger partial charge is 0.338 e. The molecule has 0 bridgehead atoms. The average Bonchev–Trinajstić information content (AvgIpc) is 2.86. The zero-order chi connectivity index (χ0) is 13.4. The number of hydrogen-bond acceptors (Lipinski definition) is 3. The molecule has 1 N–H and O–H groups in total. The minimum atomic E-state index is -0.217. The van der Waals surface area contributed by atoms with Gasteiger partial charge in [0.2, 0.25) is 0 Å². The summed E-state index contributed by atoms with van der Waals surface area (Å²) in [6.45, 7) is 2.00. The van der Waals surface area contributed by atoms with Crippen LogP contribution in [0, 0.1) is 18.8 Å². The zero-order valence-electron chi connectivity index (χ0n) is 11.2. The van der Waals surface area contributed by atoms with E-state index in [9.17, 15) is 9.90 Å². The van der Waals surface area contributed by atoms with Gasteiger partial charge in [-0.05, 0) is 56.6 Å². The van der Waals surface area contributed by atoms with E-state index in [4.69, 9.17) is 4.74 Å². The number of fused-ring (bicyclic) bond motifs is 1. The summed E-state index contributed by atoms with van der Waals surface area (Å²) in [4.78, 5) is 12.0. The number of carbonyl (C=O) groups is 1. The van der Waals surface area contributed by atoms with Crippen molar-refractivity contribution in [3.63, 3.8) is 0 Å².